The van der Waals surface area contributed by atoms with Crippen molar-refractivity contribution < 1.29 is 38.0 Å². The van der Waals surface area contributed by atoms with Gasteiger partial charge in [0.15, 0.2) is 0 Å². The second-order valence-electron chi connectivity index (χ2n) is 12.6. The van der Waals surface area contributed by atoms with Crippen molar-refractivity contribution in [1.29, 1.82) is 0 Å². The summed E-state index contributed by atoms with van der Waals surface area (Å²) in [6, 6.07) is 8.54. The van der Waals surface area contributed by atoms with Crippen LogP contribution >= 0.6 is 7.80 Å². The molecule has 0 aromatic heterocycles. The van der Waals surface area contributed by atoms with Gasteiger partial charge in [0.05, 0.1) is 5.92 Å². The van der Waals surface area contributed by atoms with Crippen LogP contribution in [0, 0.1) is 23.7 Å². The predicted molar refractivity (Wildman–Crippen MR) is 167 cm³/mol. The number of likely N-dealkylation sites (tertiary alicyclic amines) is 1. The molecule has 0 radical (unpaired) electrons. The van der Waals surface area contributed by atoms with Gasteiger partial charge in [-0.3, -0.25) is 14.4 Å². The lowest BCUT2D eigenvalue weighted by molar-refractivity contribution is -0.175. The Morgan fingerprint density at radius 3 is 2.32 bits per heavy atom. The van der Waals surface area contributed by atoms with Crippen LogP contribution in [0.1, 0.15) is 77.7 Å². The lowest BCUT2D eigenvalue weighted by Gasteiger charge is -2.27. The molecule has 3 rings (SSSR count). The van der Waals surface area contributed by atoms with Gasteiger partial charge in [0, 0.05) is 6.54 Å². The molecule has 2 aliphatic rings. The standard InChI is InChI=1S/C33H50N2O8P/c1-23(2)30(34)33(39)41-20-24(3)31(37)42-22-43-32(38)28-18-27(26-15-8-5-9-16-26)19-35(28)29(36)21-44(40)17-11-10-14-25-12-6-4-7-13-25/h4,6-7,12-13,23-24,26-28,30H,5,8-11,14-22,34H2,1-3H3/q+1/t24?,27-,28+,30+/m1/s1. The van der Waals surface area contributed by atoms with E-state index in [1.165, 1.54) is 18.9 Å². The Bertz CT molecular complexity index is 1110. The van der Waals surface area contributed by atoms with Crippen molar-refractivity contribution in [3.8, 4) is 0 Å². The zero-order chi connectivity index (χ0) is 32.1. The summed E-state index contributed by atoms with van der Waals surface area (Å²) in [5.74, 6) is -2.48. The number of rotatable bonds is 16. The molecule has 2 unspecified atom stereocenters. The van der Waals surface area contributed by atoms with Crippen molar-refractivity contribution >= 4 is 31.6 Å². The minimum Gasteiger partial charge on any atom is -0.464 e. The number of aryl methyl sites for hydroxylation is 1. The van der Waals surface area contributed by atoms with Crippen LogP contribution in [0.25, 0.3) is 0 Å². The number of nitrogens with zero attached hydrogens (tertiary/aromatic N) is 1. The van der Waals surface area contributed by atoms with Crippen molar-refractivity contribution in [2.45, 2.75) is 90.6 Å². The van der Waals surface area contributed by atoms with Crippen LogP contribution in [0.3, 0.4) is 0 Å². The average Bonchev–Trinajstić information content (AvgIpc) is 3.48. The largest absolute Gasteiger partial charge is 0.464 e. The fourth-order valence-corrected chi connectivity index (χ4v) is 7.14. The van der Waals surface area contributed by atoms with Gasteiger partial charge in [-0.1, -0.05) is 80.8 Å². The van der Waals surface area contributed by atoms with E-state index in [0.717, 1.165) is 44.9 Å². The lowest BCUT2D eigenvalue weighted by atomic mass is 9.79. The molecule has 2 N–H and O–H groups in total. The van der Waals surface area contributed by atoms with E-state index in [2.05, 4.69) is 12.1 Å². The van der Waals surface area contributed by atoms with Crippen molar-refractivity contribution in [3.63, 3.8) is 0 Å². The summed E-state index contributed by atoms with van der Waals surface area (Å²) in [5, 5.41) is 0. The zero-order valence-electron chi connectivity index (χ0n) is 26.5. The molecule has 1 aliphatic carbocycles. The number of hydrogen-bond acceptors (Lipinski definition) is 9. The van der Waals surface area contributed by atoms with Gasteiger partial charge < -0.3 is 24.8 Å². The molecule has 1 heterocycles. The molecule has 44 heavy (non-hydrogen) atoms. The van der Waals surface area contributed by atoms with E-state index in [1.54, 1.807) is 18.7 Å². The Kier molecular flexibility index (Phi) is 14.7. The van der Waals surface area contributed by atoms with E-state index in [0.29, 0.717) is 25.0 Å². The third kappa shape index (κ3) is 11.3. The quantitative estimate of drug-likeness (QED) is 0.117. The maximum absolute atomic E-state index is 13.3. The van der Waals surface area contributed by atoms with Crippen LogP contribution < -0.4 is 5.73 Å². The molecule has 1 saturated heterocycles. The van der Waals surface area contributed by atoms with Crippen LogP contribution in [-0.4, -0.2) is 73.1 Å². The molecular formula is C33H50N2O8P+. The Morgan fingerprint density at radius 2 is 1.64 bits per heavy atom. The maximum Gasteiger partial charge on any atom is 0.348 e. The number of unbranched alkanes of at least 4 members (excludes halogenated alkanes) is 1. The fourth-order valence-electron chi connectivity index (χ4n) is 5.92. The molecule has 244 valence electrons. The molecule has 5 atom stereocenters. The van der Waals surface area contributed by atoms with E-state index in [1.807, 2.05) is 18.2 Å². The van der Waals surface area contributed by atoms with Crippen LogP contribution in [0.5, 0.6) is 0 Å². The topological polar surface area (TPSA) is 142 Å². The first kappa shape index (κ1) is 35.6. The summed E-state index contributed by atoms with van der Waals surface area (Å²) in [6.07, 6.45) is 9.07. The van der Waals surface area contributed by atoms with Gasteiger partial charge in [-0.15, -0.1) is 0 Å². The van der Waals surface area contributed by atoms with Crippen LogP contribution in [0.4, 0.5) is 0 Å². The maximum atomic E-state index is 13.3. The average molecular weight is 634 g/mol. The number of ether oxygens (including phenoxy) is 3. The number of hydrogen-bond donors (Lipinski definition) is 1. The van der Waals surface area contributed by atoms with Crippen molar-refractivity contribution in [2.75, 3.05) is 32.3 Å². The smallest absolute Gasteiger partial charge is 0.348 e. The zero-order valence-corrected chi connectivity index (χ0v) is 27.4. The van der Waals surface area contributed by atoms with Crippen molar-refractivity contribution in [1.82, 2.24) is 4.90 Å². The molecule has 1 aromatic rings. The number of esters is 3. The number of benzene rings is 1. The highest BCUT2D eigenvalue weighted by atomic mass is 31.1. The molecular weight excluding hydrogens is 583 g/mol. The lowest BCUT2D eigenvalue weighted by Crippen LogP contribution is -2.42. The molecule has 10 nitrogen and oxygen atoms in total. The van der Waals surface area contributed by atoms with Crippen LogP contribution in [0.15, 0.2) is 30.3 Å². The molecule has 1 aliphatic heterocycles. The van der Waals surface area contributed by atoms with Crippen LogP contribution in [0.2, 0.25) is 0 Å². The second kappa shape index (κ2) is 18.2. The first-order valence-corrected chi connectivity index (χ1v) is 17.7. The Labute approximate surface area is 262 Å². The minimum absolute atomic E-state index is 0.0898. The Hall–Kier alpha value is -2.84. The number of amides is 1. The number of carbonyl (C=O) groups excluding carboxylic acids is 4. The van der Waals surface area contributed by atoms with E-state index >= 15 is 0 Å². The number of carbonyl (C=O) groups is 4. The molecule has 2 fully saturated rings. The Morgan fingerprint density at radius 1 is 0.932 bits per heavy atom. The van der Waals surface area contributed by atoms with Gasteiger partial charge in [0.25, 0.3) is 5.91 Å². The van der Waals surface area contributed by atoms with E-state index in [-0.39, 0.29) is 30.5 Å². The third-order valence-electron chi connectivity index (χ3n) is 8.79. The summed E-state index contributed by atoms with van der Waals surface area (Å²) in [6.45, 7) is 4.76. The van der Waals surface area contributed by atoms with E-state index in [4.69, 9.17) is 19.9 Å². The monoisotopic (exact) mass is 633 g/mol. The van der Waals surface area contributed by atoms with Gasteiger partial charge >= 0.3 is 25.7 Å². The highest BCUT2D eigenvalue weighted by Gasteiger charge is 2.44. The fraction of sp³-hybridized carbons (Fsp3) is 0.697. The minimum atomic E-state index is -1.73. The second-order valence-corrected chi connectivity index (χ2v) is 14.3. The molecule has 11 heteroatoms. The van der Waals surface area contributed by atoms with Gasteiger partial charge in [-0.2, -0.15) is 0 Å². The van der Waals surface area contributed by atoms with Gasteiger partial charge in [-0.25, -0.2) is 4.79 Å². The Balaban J connectivity index is 1.48. The molecule has 1 saturated carbocycles. The van der Waals surface area contributed by atoms with Crippen molar-refractivity contribution in [2.24, 2.45) is 29.4 Å². The molecule has 1 amide bonds. The SMILES string of the molecule is CC(COC(=O)[C@@H](N)C(C)C)C(=O)OCOC(=O)[C@@H]1C[C@@H](C2CCCCC2)CN1C(=O)C[P+](=O)CCCCc1ccccc1. The highest BCUT2D eigenvalue weighted by Crippen LogP contribution is 2.38. The summed E-state index contributed by atoms with van der Waals surface area (Å²) in [4.78, 5) is 52.4. The van der Waals surface area contributed by atoms with Crippen LogP contribution in [-0.2, 0) is 44.4 Å². The number of nitrogens with two attached hydrogens (primary N) is 1. The van der Waals surface area contributed by atoms with E-state index in [9.17, 15) is 23.7 Å². The molecule has 0 bridgehead atoms. The van der Waals surface area contributed by atoms with Crippen molar-refractivity contribution in [3.05, 3.63) is 35.9 Å². The third-order valence-corrected chi connectivity index (χ3v) is 10.2. The molecule has 1 aromatic carbocycles. The summed E-state index contributed by atoms with van der Waals surface area (Å²) in [7, 11) is -1.73. The van der Waals surface area contributed by atoms with Gasteiger partial charge in [-0.05, 0) is 55.9 Å². The van der Waals surface area contributed by atoms with Gasteiger partial charge in [0.2, 0.25) is 13.0 Å². The summed E-state index contributed by atoms with van der Waals surface area (Å²) < 4.78 is 28.4. The van der Waals surface area contributed by atoms with Gasteiger partial charge in [0.1, 0.15) is 24.9 Å². The summed E-state index contributed by atoms with van der Waals surface area (Å²) in [5.41, 5.74) is 7.00. The van der Waals surface area contributed by atoms with E-state index < -0.39 is 50.5 Å². The highest BCUT2D eigenvalue weighted by molar-refractivity contribution is 7.45. The normalized spacial score (nSPS) is 20.6. The predicted octanol–water partition coefficient (Wildman–Crippen LogP) is 4.84. The summed E-state index contributed by atoms with van der Waals surface area (Å²) >= 11 is 0. The molecule has 0 spiro atoms. The first-order chi connectivity index (χ1) is 21.1. The first-order valence-electron chi connectivity index (χ1n) is 16.1.